The van der Waals surface area contributed by atoms with Crippen LogP contribution in [0.15, 0.2) is 60.7 Å². The number of hydrogen-bond donors (Lipinski definition) is 2. The summed E-state index contributed by atoms with van der Waals surface area (Å²) in [4.78, 5) is 36.4. The van der Waals surface area contributed by atoms with E-state index >= 15 is 0 Å². The number of esters is 2. The molecule has 2 aromatic rings. The molecular weight excluding hydrogens is 378 g/mol. The van der Waals surface area contributed by atoms with Crippen molar-refractivity contribution >= 4 is 17.7 Å². The topological polar surface area (TPSA) is 125 Å². The van der Waals surface area contributed by atoms with Crippen LogP contribution in [0.5, 0.6) is 0 Å². The number of ketones is 1. The van der Waals surface area contributed by atoms with Gasteiger partial charge in [-0.25, -0.2) is 9.59 Å². The smallest absolute Gasteiger partial charge is 0.380 e. The predicted octanol–water partition coefficient (Wildman–Crippen LogP) is 0.725. The zero-order valence-corrected chi connectivity index (χ0v) is 15.5. The van der Waals surface area contributed by atoms with E-state index in [0.29, 0.717) is 5.56 Å². The molecule has 1 heterocycles. The molecule has 0 aromatic heterocycles. The Bertz CT molecular complexity index is 856. The number of ether oxygens (including phenoxy) is 3. The highest BCUT2D eigenvalue weighted by atomic mass is 16.6. The fourth-order valence-electron chi connectivity index (χ4n) is 2.90. The number of hydrogen-bond acceptors (Lipinski definition) is 8. The fourth-order valence-corrected chi connectivity index (χ4v) is 2.90. The van der Waals surface area contributed by atoms with Crippen LogP contribution in [0.25, 0.3) is 0 Å². The Balaban J connectivity index is 1.60. The summed E-state index contributed by atoms with van der Waals surface area (Å²) in [6.45, 7) is -0.301. The van der Waals surface area contributed by atoms with Crippen molar-refractivity contribution in [2.24, 2.45) is 5.73 Å². The summed E-state index contributed by atoms with van der Waals surface area (Å²) in [7, 11) is 0. The molecule has 4 atom stereocenters. The summed E-state index contributed by atoms with van der Waals surface area (Å²) in [5.41, 5.74) is 6.40. The quantitative estimate of drug-likeness (QED) is 0.414. The number of Topliss-reactive ketones (excluding diaryl/α,β-unsaturated/α-hetero) is 1. The number of aliphatic hydroxyl groups is 1. The van der Waals surface area contributed by atoms with Crippen LogP contribution in [0.1, 0.15) is 20.7 Å². The van der Waals surface area contributed by atoms with E-state index in [1.165, 1.54) is 12.1 Å². The van der Waals surface area contributed by atoms with Gasteiger partial charge in [0.25, 0.3) is 5.78 Å². The van der Waals surface area contributed by atoms with Gasteiger partial charge < -0.3 is 25.1 Å². The molecule has 0 radical (unpaired) electrons. The van der Waals surface area contributed by atoms with Crippen LogP contribution in [0.4, 0.5) is 0 Å². The van der Waals surface area contributed by atoms with Crippen LogP contribution in [-0.2, 0) is 19.0 Å². The van der Waals surface area contributed by atoms with Gasteiger partial charge in [0, 0.05) is 5.56 Å². The molecule has 3 rings (SSSR count). The van der Waals surface area contributed by atoms with Crippen molar-refractivity contribution < 1.29 is 33.7 Å². The second-order valence-electron chi connectivity index (χ2n) is 6.56. The largest absolute Gasteiger partial charge is 0.459 e. The molecule has 1 fully saturated rings. The molecule has 1 aliphatic rings. The van der Waals surface area contributed by atoms with E-state index in [1.54, 1.807) is 48.5 Å². The Morgan fingerprint density at radius 1 is 1.00 bits per heavy atom. The first-order chi connectivity index (χ1) is 14.0. The minimum atomic E-state index is -1.37. The molecule has 8 nitrogen and oxygen atoms in total. The molecule has 0 bridgehead atoms. The summed E-state index contributed by atoms with van der Waals surface area (Å²) in [5, 5.41) is 10.5. The maximum absolute atomic E-state index is 12.2. The molecule has 0 saturated carbocycles. The third-order valence-corrected chi connectivity index (χ3v) is 4.49. The zero-order valence-electron chi connectivity index (χ0n) is 15.5. The predicted molar refractivity (Wildman–Crippen MR) is 101 cm³/mol. The van der Waals surface area contributed by atoms with Gasteiger partial charge in [-0.15, -0.1) is 0 Å². The SMILES string of the molecule is N[C@@H]1COC(COC(=O)c2ccccc2)C(O)C1OC(=O)C(=O)c1ccccc1. The summed E-state index contributed by atoms with van der Waals surface area (Å²) in [6, 6.07) is 15.4. The van der Waals surface area contributed by atoms with Crippen LogP contribution < -0.4 is 5.73 Å². The van der Waals surface area contributed by atoms with E-state index in [2.05, 4.69) is 0 Å². The highest BCUT2D eigenvalue weighted by Gasteiger charge is 2.42. The number of carbonyl (C=O) groups is 3. The summed E-state index contributed by atoms with van der Waals surface area (Å²) >= 11 is 0. The molecule has 1 aliphatic heterocycles. The molecule has 152 valence electrons. The molecule has 0 aliphatic carbocycles. The second kappa shape index (κ2) is 9.42. The zero-order chi connectivity index (χ0) is 20.8. The van der Waals surface area contributed by atoms with Gasteiger partial charge in [-0.3, -0.25) is 4.79 Å². The van der Waals surface area contributed by atoms with Crippen molar-refractivity contribution in [1.29, 1.82) is 0 Å². The van der Waals surface area contributed by atoms with Crippen molar-refractivity contribution in [3.63, 3.8) is 0 Å². The molecule has 0 spiro atoms. The summed E-state index contributed by atoms with van der Waals surface area (Å²) in [6.07, 6.45) is -3.49. The molecule has 2 aromatic carbocycles. The standard InChI is InChI=1S/C21H21NO7/c22-15-11-27-16(12-28-20(25)14-9-5-2-6-10-14)18(24)19(15)29-21(26)17(23)13-7-3-1-4-8-13/h1-10,15-16,18-19,24H,11-12,22H2/t15-,16?,18?,19?/m1/s1. The monoisotopic (exact) mass is 399 g/mol. The van der Waals surface area contributed by atoms with Crippen molar-refractivity contribution in [3.05, 3.63) is 71.8 Å². The van der Waals surface area contributed by atoms with Gasteiger partial charge in [-0.1, -0.05) is 48.5 Å². The fraction of sp³-hybridized carbons (Fsp3) is 0.286. The van der Waals surface area contributed by atoms with Crippen molar-refractivity contribution in [2.45, 2.75) is 24.4 Å². The molecule has 29 heavy (non-hydrogen) atoms. The van der Waals surface area contributed by atoms with E-state index in [4.69, 9.17) is 19.9 Å². The average molecular weight is 399 g/mol. The lowest BCUT2D eigenvalue weighted by atomic mass is 9.98. The first kappa shape index (κ1) is 20.7. The third kappa shape index (κ3) is 5.05. The van der Waals surface area contributed by atoms with Gasteiger partial charge in [0.15, 0.2) is 0 Å². The van der Waals surface area contributed by atoms with Gasteiger partial charge >= 0.3 is 11.9 Å². The Kier molecular flexibility index (Phi) is 6.71. The van der Waals surface area contributed by atoms with Crippen molar-refractivity contribution in [2.75, 3.05) is 13.2 Å². The van der Waals surface area contributed by atoms with Gasteiger partial charge in [-0.2, -0.15) is 0 Å². The minimum Gasteiger partial charge on any atom is -0.459 e. The van der Waals surface area contributed by atoms with E-state index in [1.807, 2.05) is 0 Å². The van der Waals surface area contributed by atoms with E-state index < -0.39 is 42.1 Å². The Labute approximate surface area is 167 Å². The Hall–Kier alpha value is -3.07. The van der Waals surface area contributed by atoms with Gasteiger partial charge in [-0.05, 0) is 12.1 Å². The average Bonchev–Trinajstić information content (AvgIpc) is 2.76. The number of carbonyl (C=O) groups excluding carboxylic acids is 3. The molecule has 8 heteroatoms. The Morgan fingerprint density at radius 2 is 1.59 bits per heavy atom. The van der Waals surface area contributed by atoms with Crippen molar-refractivity contribution in [3.8, 4) is 0 Å². The van der Waals surface area contributed by atoms with E-state index in [0.717, 1.165) is 0 Å². The number of aliphatic hydroxyl groups excluding tert-OH is 1. The highest BCUT2D eigenvalue weighted by Crippen LogP contribution is 2.19. The lowest BCUT2D eigenvalue weighted by Gasteiger charge is -2.37. The maximum atomic E-state index is 12.2. The first-order valence-electron chi connectivity index (χ1n) is 9.05. The van der Waals surface area contributed by atoms with Crippen LogP contribution in [0.3, 0.4) is 0 Å². The van der Waals surface area contributed by atoms with Crippen LogP contribution >= 0.6 is 0 Å². The van der Waals surface area contributed by atoms with Crippen LogP contribution in [-0.4, -0.2) is 60.4 Å². The van der Waals surface area contributed by atoms with E-state index in [9.17, 15) is 19.5 Å². The van der Waals surface area contributed by atoms with Gasteiger partial charge in [0.05, 0.1) is 18.2 Å². The number of rotatable bonds is 6. The van der Waals surface area contributed by atoms with Crippen LogP contribution in [0, 0.1) is 0 Å². The van der Waals surface area contributed by atoms with Gasteiger partial charge in [0.2, 0.25) is 0 Å². The first-order valence-corrected chi connectivity index (χ1v) is 9.05. The maximum Gasteiger partial charge on any atom is 0.380 e. The molecular formula is C21H21NO7. The highest BCUT2D eigenvalue weighted by molar-refractivity contribution is 6.40. The van der Waals surface area contributed by atoms with E-state index in [-0.39, 0.29) is 18.8 Å². The lowest BCUT2D eigenvalue weighted by Crippen LogP contribution is -2.59. The number of benzene rings is 2. The van der Waals surface area contributed by atoms with Crippen molar-refractivity contribution in [1.82, 2.24) is 0 Å². The van der Waals surface area contributed by atoms with Gasteiger partial charge in [0.1, 0.15) is 24.9 Å². The summed E-state index contributed by atoms with van der Waals surface area (Å²) in [5.74, 6) is -2.55. The minimum absolute atomic E-state index is 0.0396. The molecule has 0 amide bonds. The molecule has 3 N–H and O–H groups in total. The second-order valence-corrected chi connectivity index (χ2v) is 6.56. The normalized spacial score (nSPS) is 23.8. The van der Waals surface area contributed by atoms with Crippen LogP contribution in [0.2, 0.25) is 0 Å². The lowest BCUT2D eigenvalue weighted by molar-refractivity contribution is -0.183. The number of nitrogens with two attached hydrogens (primary N) is 1. The molecule has 1 saturated heterocycles. The molecule has 3 unspecified atom stereocenters. The Morgan fingerprint density at radius 3 is 2.21 bits per heavy atom. The third-order valence-electron chi connectivity index (χ3n) is 4.49. The summed E-state index contributed by atoms with van der Waals surface area (Å²) < 4.78 is 15.8.